The molecule has 0 spiro atoms. The summed E-state index contributed by atoms with van der Waals surface area (Å²) in [5.41, 5.74) is 1.58. The Bertz CT molecular complexity index is 885. The number of amides is 2. The Hall–Kier alpha value is -2.24. The number of carbonyl (C=O) groups excluding carboxylic acids is 2. The number of benzene rings is 2. The normalized spacial score (nSPS) is 11.8. The van der Waals surface area contributed by atoms with Crippen molar-refractivity contribution in [3.05, 3.63) is 63.6 Å². The first-order chi connectivity index (χ1) is 14.7. The van der Waals surface area contributed by atoms with Crippen molar-refractivity contribution in [2.75, 3.05) is 13.7 Å². The third-order valence-corrected chi connectivity index (χ3v) is 5.53. The summed E-state index contributed by atoms with van der Waals surface area (Å²) in [6.07, 6.45) is 0.659. The van der Waals surface area contributed by atoms with Crippen LogP contribution in [0.3, 0.4) is 0 Å². The van der Waals surface area contributed by atoms with Crippen molar-refractivity contribution in [3.8, 4) is 5.75 Å². The highest BCUT2D eigenvalue weighted by Crippen LogP contribution is 2.24. The lowest BCUT2D eigenvalue weighted by Crippen LogP contribution is -2.50. The van der Waals surface area contributed by atoms with Crippen LogP contribution in [-0.4, -0.2) is 36.4 Å². The number of halogens is 2. The van der Waals surface area contributed by atoms with Crippen molar-refractivity contribution in [1.29, 1.82) is 0 Å². The first kappa shape index (κ1) is 25.0. The molecule has 2 aromatic carbocycles. The summed E-state index contributed by atoms with van der Waals surface area (Å²) in [6.45, 7) is 6.73. The molecule has 0 aliphatic heterocycles. The maximum Gasteiger partial charge on any atom is 0.242 e. The van der Waals surface area contributed by atoms with E-state index in [1.165, 1.54) is 0 Å². The quantitative estimate of drug-likeness (QED) is 0.530. The van der Waals surface area contributed by atoms with E-state index in [1.54, 1.807) is 30.2 Å². The van der Waals surface area contributed by atoms with Gasteiger partial charge in [0.1, 0.15) is 11.8 Å². The Morgan fingerprint density at radius 2 is 1.77 bits per heavy atom. The predicted octanol–water partition coefficient (Wildman–Crippen LogP) is 5.12. The Balaban J connectivity index is 2.29. The minimum Gasteiger partial charge on any atom is -0.497 e. The fraction of sp³-hybridized carbons (Fsp3) is 0.417. The number of nitrogens with one attached hydrogen (secondary N) is 1. The molecule has 1 N–H and O–H groups in total. The van der Waals surface area contributed by atoms with E-state index in [1.807, 2.05) is 45.0 Å². The van der Waals surface area contributed by atoms with E-state index in [2.05, 4.69) is 5.32 Å². The topological polar surface area (TPSA) is 58.6 Å². The van der Waals surface area contributed by atoms with E-state index < -0.39 is 6.04 Å². The largest absolute Gasteiger partial charge is 0.497 e. The molecular weight excluding hydrogens is 435 g/mol. The second-order valence-electron chi connectivity index (χ2n) is 7.85. The average molecular weight is 465 g/mol. The van der Waals surface area contributed by atoms with E-state index in [9.17, 15) is 9.59 Å². The van der Waals surface area contributed by atoms with Gasteiger partial charge >= 0.3 is 0 Å². The summed E-state index contributed by atoms with van der Waals surface area (Å²) in [6, 6.07) is 11.9. The smallest absolute Gasteiger partial charge is 0.242 e. The summed E-state index contributed by atoms with van der Waals surface area (Å²) in [5.74, 6) is 0.725. The van der Waals surface area contributed by atoms with E-state index in [4.69, 9.17) is 27.9 Å². The van der Waals surface area contributed by atoms with Crippen LogP contribution in [0.25, 0.3) is 0 Å². The van der Waals surface area contributed by atoms with Crippen LogP contribution >= 0.6 is 23.2 Å². The molecule has 1 unspecified atom stereocenters. The first-order valence-electron chi connectivity index (χ1n) is 10.4. The minimum atomic E-state index is -0.601. The predicted molar refractivity (Wildman–Crippen MR) is 126 cm³/mol. The molecule has 0 bridgehead atoms. The fourth-order valence-electron chi connectivity index (χ4n) is 3.20. The van der Waals surface area contributed by atoms with Gasteiger partial charge in [-0.1, -0.05) is 62.2 Å². The van der Waals surface area contributed by atoms with Gasteiger partial charge in [0.2, 0.25) is 11.8 Å². The van der Waals surface area contributed by atoms with Gasteiger partial charge in [-0.3, -0.25) is 9.59 Å². The van der Waals surface area contributed by atoms with Crippen molar-refractivity contribution < 1.29 is 14.3 Å². The van der Waals surface area contributed by atoms with Crippen molar-refractivity contribution in [3.63, 3.8) is 0 Å². The second-order valence-corrected chi connectivity index (χ2v) is 8.69. The standard InChI is InChI=1S/C24H30Cl2N2O3/c1-5-22(24(30)27-14-16(2)3)28(15-18-8-9-19(25)13-21(18)26)23(29)12-17-6-10-20(31-4)11-7-17/h6-11,13,16,22H,5,12,14-15H2,1-4H3,(H,27,30). The van der Waals surface area contributed by atoms with Crippen LogP contribution < -0.4 is 10.1 Å². The number of hydrogen-bond donors (Lipinski definition) is 1. The first-order valence-corrected chi connectivity index (χ1v) is 11.1. The van der Waals surface area contributed by atoms with Crippen LogP contribution in [0.5, 0.6) is 5.75 Å². The van der Waals surface area contributed by atoms with Crippen molar-refractivity contribution in [2.45, 2.75) is 46.2 Å². The van der Waals surface area contributed by atoms with Crippen LogP contribution in [0.4, 0.5) is 0 Å². The van der Waals surface area contributed by atoms with Gasteiger partial charge in [-0.15, -0.1) is 0 Å². The molecule has 0 saturated heterocycles. The van der Waals surface area contributed by atoms with Gasteiger partial charge in [0.25, 0.3) is 0 Å². The molecule has 2 amide bonds. The number of carbonyl (C=O) groups is 2. The van der Waals surface area contributed by atoms with E-state index in [0.29, 0.717) is 28.9 Å². The van der Waals surface area contributed by atoms with Crippen molar-refractivity contribution in [2.24, 2.45) is 5.92 Å². The van der Waals surface area contributed by atoms with E-state index in [0.717, 1.165) is 16.9 Å². The van der Waals surface area contributed by atoms with Crippen molar-refractivity contribution in [1.82, 2.24) is 10.2 Å². The van der Waals surface area contributed by atoms with Crippen LogP contribution in [-0.2, 0) is 22.6 Å². The molecule has 0 heterocycles. The zero-order valence-electron chi connectivity index (χ0n) is 18.5. The van der Waals surface area contributed by atoms with Crippen LogP contribution in [0, 0.1) is 5.92 Å². The molecular formula is C24H30Cl2N2O3. The van der Waals surface area contributed by atoms with Gasteiger partial charge in [0.15, 0.2) is 0 Å². The Kier molecular flexibility index (Phi) is 9.66. The van der Waals surface area contributed by atoms with Gasteiger partial charge in [-0.2, -0.15) is 0 Å². The molecule has 2 rings (SSSR count). The molecule has 0 radical (unpaired) electrons. The SMILES string of the molecule is CCC(C(=O)NCC(C)C)N(Cc1ccc(Cl)cc1Cl)C(=O)Cc1ccc(OC)cc1. The second kappa shape index (κ2) is 12.0. The molecule has 0 aliphatic rings. The van der Waals surface area contributed by atoms with Gasteiger partial charge in [-0.25, -0.2) is 0 Å². The third kappa shape index (κ3) is 7.44. The monoisotopic (exact) mass is 464 g/mol. The molecule has 0 aromatic heterocycles. The number of nitrogens with zero attached hydrogens (tertiary/aromatic N) is 1. The summed E-state index contributed by atoms with van der Waals surface area (Å²) < 4.78 is 5.18. The van der Waals surface area contributed by atoms with Gasteiger partial charge < -0.3 is 15.0 Å². The molecule has 0 saturated carbocycles. The van der Waals surface area contributed by atoms with Gasteiger partial charge in [0, 0.05) is 23.1 Å². The van der Waals surface area contributed by atoms with Crippen molar-refractivity contribution >= 4 is 35.0 Å². The molecule has 0 aliphatic carbocycles. The molecule has 1 atom stereocenters. The summed E-state index contributed by atoms with van der Waals surface area (Å²) in [7, 11) is 1.60. The molecule has 31 heavy (non-hydrogen) atoms. The highest BCUT2D eigenvalue weighted by atomic mass is 35.5. The highest BCUT2D eigenvalue weighted by Gasteiger charge is 2.29. The zero-order chi connectivity index (χ0) is 23.0. The van der Waals surface area contributed by atoms with Gasteiger partial charge in [-0.05, 0) is 47.7 Å². The molecule has 0 fully saturated rings. The fourth-order valence-corrected chi connectivity index (χ4v) is 3.66. The average Bonchev–Trinajstić information content (AvgIpc) is 2.74. The summed E-state index contributed by atoms with van der Waals surface area (Å²) in [4.78, 5) is 27.9. The molecule has 5 nitrogen and oxygen atoms in total. The zero-order valence-corrected chi connectivity index (χ0v) is 20.0. The van der Waals surface area contributed by atoms with Gasteiger partial charge in [0.05, 0.1) is 13.5 Å². The Morgan fingerprint density at radius 3 is 2.32 bits per heavy atom. The van der Waals surface area contributed by atoms with Crippen LogP contribution in [0.15, 0.2) is 42.5 Å². The summed E-state index contributed by atoms with van der Waals surface area (Å²) >= 11 is 12.4. The Labute approximate surface area is 194 Å². The number of methoxy groups -OCH3 is 1. The maximum atomic E-state index is 13.3. The lowest BCUT2D eigenvalue weighted by Gasteiger charge is -2.31. The number of hydrogen-bond acceptors (Lipinski definition) is 3. The van der Waals surface area contributed by atoms with Crippen LogP contribution in [0.1, 0.15) is 38.3 Å². The lowest BCUT2D eigenvalue weighted by molar-refractivity contribution is -0.141. The maximum absolute atomic E-state index is 13.3. The number of ether oxygens (including phenoxy) is 1. The Morgan fingerprint density at radius 1 is 1.10 bits per heavy atom. The third-order valence-electron chi connectivity index (χ3n) is 4.94. The highest BCUT2D eigenvalue weighted by molar-refractivity contribution is 6.35. The number of rotatable bonds is 10. The van der Waals surface area contributed by atoms with E-state index in [-0.39, 0.29) is 24.8 Å². The molecule has 168 valence electrons. The van der Waals surface area contributed by atoms with E-state index >= 15 is 0 Å². The molecule has 7 heteroatoms. The molecule has 2 aromatic rings. The lowest BCUT2D eigenvalue weighted by atomic mass is 10.1. The minimum absolute atomic E-state index is 0.150. The summed E-state index contributed by atoms with van der Waals surface area (Å²) in [5, 5.41) is 3.94. The van der Waals surface area contributed by atoms with Crippen LogP contribution in [0.2, 0.25) is 10.0 Å².